The van der Waals surface area contributed by atoms with Crippen molar-refractivity contribution in [2.45, 2.75) is 13.3 Å². The van der Waals surface area contributed by atoms with Gasteiger partial charge in [-0.25, -0.2) is 0 Å². The van der Waals surface area contributed by atoms with Gasteiger partial charge in [-0.3, -0.25) is 4.79 Å². The molecule has 0 aliphatic heterocycles. The Kier molecular flexibility index (Phi) is 5.47. The van der Waals surface area contributed by atoms with Crippen LogP contribution in [-0.4, -0.2) is 12.5 Å². The molecule has 0 saturated carbocycles. The standard InChI is InChI=1S/C22H21NO2/c1-2-15-25-21-10-6-9-20(16-21)23-22(24)19-13-11-18(12-14-19)17-7-4-3-5-8-17/h3-14,16H,2,15H2,1H3,(H,23,24). The van der Waals surface area contributed by atoms with Crippen LogP contribution < -0.4 is 10.1 Å². The molecule has 0 unspecified atom stereocenters. The van der Waals surface area contributed by atoms with Crippen LogP contribution in [0, 0.1) is 0 Å². The maximum absolute atomic E-state index is 12.4. The Morgan fingerprint density at radius 2 is 1.60 bits per heavy atom. The van der Waals surface area contributed by atoms with Crippen molar-refractivity contribution >= 4 is 11.6 Å². The zero-order valence-electron chi connectivity index (χ0n) is 14.2. The lowest BCUT2D eigenvalue weighted by Crippen LogP contribution is -2.11. The van der Waals surface area contributed by atoms with Crippen molar-refractivity contribution in [3.63, 3.8) is 0 Å². The van der Waals surface area contributed by atoms with Crippen LogP contribution in [0.25, 0.3) is 11.1 Å². The molecule has 0 radical (unpaired) electrons. The van der Waals surface area contributed by atoms with Gasteiger partial charge in [0, 0.05) is 17.3 Å². The molecule has 3 aromatic rings. The fourth-order valence-electron chi connectivity index (χ4n) is 2.53. The quantitative estimate of drug-likeness (QED) is 0.657. The summed E-state index contributed by atoms with van der Waals surface area (Å²) in [5.41, 5.74) is 3.58. The van der Waals surface area contributed by atoms with Gasteiger partial charge in [-0.15, -0.1) is 0 Å². The molecule has 0 spiro atoms. The molecular weight excluding hydrogens is 310 g/mol. The van der Waals surface area contributed by atoms with E-state index in [9.17, 15) is 4.79 Å². The van der Waals surface area contributed by atoms with Crippen molar-refractivity contribution in [2.24, 2.45) is 0 Å². The van der Waals surface area contributed by atoms with Gasteiger partial charge in [0.2, 0.25) is 0 Å². The Hall–Kier alpha value is -3.07. The van der Waals surface area contributed by atoms with Gasteiger partial charge in [-0.2, -0.15) is 0 Å². The Morgan fingerprint density at radius 1 is 0.880 bits per heavy atom. The first kappa shape index (κ1) is 16.8. The molecule has 3 aromatic carbocycles. The molecule has 3 nitrogen and oxygen atoms in total. The number of benzene rings is 3. The highest BCUT2D eigenvalue weighted by Crippen LogP contribution is 2.21. The minimum atomic E-state index is -0.132. The van der Waals surface area contributed by atoms with Gasteiger partial charge < -0.3 is 10.1 Å². The van der Waals surface area contributed by atoms with Crippen LogP contribution in [0.2, 0.25) is 0 Å². The van der Waals surface area contributed by atoms with Crippen molar-refractivity contribution in [3.05, 3.63) is 84.4 Å². The molecule has 3 rings (SSSR count). The van der Waals surface area contributed by atoms with Crippen LogP contribution in [-0.2, 0) is 0 Å². The second kappa shape index (κ2) is 8.15. The summed E-state index contributed by atoms with van der Waals surface area (Å²) in [5.74, 6) is 0.631. The van der Waals surface area contributed by atoms with Gasteiger partial charge >= 0.3 is 0 Å². The third kappa shape index (κ3) is 4.48. The first-order valence-corrected chi connectivity index (χ1v) is 8.46. The molecule has 3 heteroatoms. The average molecular weight is 331 g/mol. The van der Waals surface area contributed by atoms with Gasteiger partial charge in [0.05, 0.1) is 6.61 Å². The monoisotopic (exact) mass is 331 g/mol. The normalized spacial score (nSPS) is 10.3. The number of hydrogen-bond acceptors (Lipinski definition) is 2. The van der Waals surface area contributed by atoms with Crippen molar-refractivity contribution < 1.29 is 9.53 Å². The molecule has 0 heterocycles. The maximum atomic E-state index is 12.4. The van der Waals surface area contributed by atoms with Gasteiger partial charge in [0.1, 0.15) is 5.75 Å². The summed E-state index contributed by atoms with van der Waals surface area (Å²) >= 11 is 0. The molecule has 126 valence electrons. The van der Waals surface area contributed by atoms with E-state index in [-0.39, 0.29) is 5.91 Å². The first-order valence-electron chi connectivity index (χ1n) is 8.46. The molecule has 0 aliphatic rings. The van der Waals surface area contributed by atoms with Crippen LogP contribution in [0.5, 0.6) is 5.75 Å². The van der Waals surface area contributed by atoms with Gasteiger partial charge in [-0.1, -0.05) is 55.5 Å². The van der Waals surface area contributed by atoms with Crippen molar-refractivity contribution in [3.8, 4) is 16.9 Å². The van der Waals surface area contributed by atoms with E-state index in [1.807, 2.05) is 66.7 Å². The molecule has 1 amide bonds. The third-order valence-corrected chi connectivity index (χ3v) is 3.82. The highest BCUT2D eigenvalue weighted by Gasteiger charge is 2.07. The minimum Gasteiger partial charge on any atom is -0.494 e. The van der Waals surface area contributed by atoms with E-state index in [1.54, 1.807) is 0 Å². The Bertz CT molecular complexity index is 826. The fraction of sp³-hybridized carbons (Fsp3) is 0.136. The van der Waals surface area contributed by atoms with Crippen molar-refractivity contribution in [1.29, 1.82) is 0 Å². The highest BCUT2D eigenvalue weighted by molar-refractivity contribution is 6.04. The van der Waals surface area contributed by atoms with E-state index in [0.29, 0.717) is 12.2 Å². The Morgan fingerprint density at radius 3 is 2.32 bits per heavy atom. The molecule has 1 N–H and O–H groups in total. The zero-order valence-corrected chi connectivity index (χ0v) is 14.2. The molecule has 0 bridgehead atoms. The average Bonchev–Trinajstić information content (AvgIpc) is 2.67. The summed E-state index contributed by atoms with van der Waals surface area (Å²) in [6.45, 7) is 2.73. The van der Waals surface area contributed by atoms with Gasteiger partial charge in [0.15, 0.2) is 0 Å². The van der Waals surface area contributed by atoms with E-state index in [4.69, 9.17) is 4.74 Å². The minimum absolute atomic E-state index is 0.132. The molecule has 0 atom stereocenters. The Balaban J connectivity index is 1.69. The number of amides is 1. The fourth-order valence-corrected chi connectivity index (χ4v) is 2.53. The predicted molar refractivity (Wildman–Crippen MR) is 102 cm³/mol. The molecule has 25 heavy (non-hydrogen) atoms. The molecular formula is C22H21NO2. The second-order valence-corrected chi connectivity index (χ2v) is 5.77. The molecule has 0 aromatic heterocycles. The van der Waals surface area contributed by atoms with Crippen LogP contribution in [0.4, 0.5) is 5.69 Å². The summed E-state index contributed by atoms with van der Waals surface area (Å²) in [7, 11) is 0. The number of ether oxygens (including phenoxy) is 1. The third-order valence-electron chi connectivity index (χ3n) is 3.82. The number of rotatable bonds is 6. The van der Waals surface area contributed by atoms with Gasteiger partial charge in [0.25, 0.3) is 5.91 Å². The van der Waals surface area contributed by atoms with Crippen LogP contribution in [0.1, 0.15) is 23.7 Å². The number of nitrogens with one attached hydrogen (secondary N) is 1. The summed E-state index contributed by atoms with van der Waals surface area (Å²) in [6.07, 6.45) is 0.949. The predicted octanol–water partition coefficient (Wildman–Crippen LogP) is 5.39. The van der Waals surface area contributed by atoms with Gasteiger partial charge in [-0.05, 0) is 41.8 Å². The van der Waals surface area contributed by atoms with E-state index in [2.05, 4.69) is 24.4 Å². The van der Waals surface area contributed by atoms with E-state index in [1.165, 1.54) is 0 Å². The number of anilines is 1. The van der Waals surface area contributed by atoms with E-state index >= 15 is 0 Å². The zero-order chi connectivity index (χ0) is 17.5. The lowest BCUT2D eigenvalue weighted by atomic mass is 10.0. The molecule has 0 aliphatic carbocycles. The largest absolute Gasteiger partial charge is 0.494 e. The summed E-state index contributed by atoms with van der Waals surface area (Å²) < 4.78 is 5.60. The first-order chi connectivity index (χ1) is 12.3. The van der Waals surface area contributed by atoms with E-state index < -0.39 is 0 Å². The Labute approximate surface area is 148 Å². The SMILES string of the molecule is CCCOc1cccc(NC(=O)c2ccc(-c3ccccc3)cc2)c1. The summed E-state index contributed by atoms with van der Waals surface area (Å²) in [4.78, 5) is 12.4. The van der Waals surface area contributed by atoms with E-state index in [0.717, 1.165) is 29.0 Å². The highest BCUT2D eigenvalue weighted by atomic mass is 16.5. The lowest BCUT2D eigenvalue weighted by molar-refractivity contribution is 0.102. The number of carbonyl (C=O) groups is 1. The number of carbonyl (C=O) groups excluding carboxylic acids is 1. The maximum Gasteiger partial charge on any atom is 0.255 e. The molecule has 0 fully saturated rings. The lowest BCUT2D eigenvalue weighted by Gasteiger charge is -2.09. The van der Waals surface area contributed by atoms with Crippen molar-refractivity contribution in [2.75, 3.05) is 11.9 Å². The van der Waals surface area contributed by atoms with Crippen LogP contribution in [0.15, 0.2) is 78.9 Å². The van der Waals surface area contributed by atoms with Crippen LogP contribution in [0.3, 0.4) is 0 Å². The summed E-state index contributed by atoms with van der Waals surface area (Å²) in [5, 5.41) is 2.92. The summed E-state index contributed by atoms with van der Waals surface area (Å²) in [6, 6.07) is 25.2. The van der Waals surface area contributed by atoms with Crippen molar-refractivity contribution in [1.82, 2.24) is 0 Å². The smallest absolute Gasteiger partial charge is 0.255 e. The number of hydrogen-bond donors (Lipinski definition) is 1. The van der Waals surface area contributed by atoms with Crippen LogP contribution >= 0.6 is 0 Å². The molecule has 0 saturated heterocycles. The topological polar surface area (TPSA) is 38.3 Å². The second-order valence-electron chi connectivity index (χ2n) is 5.77.